The number of rotatable bonds is 5. The molecule has 0 N–H and O–H groups in total. The van der Waals surface area contributed by atoms with Crippen LogP contribution in [-0.2, 0) is 19.6 Å². The molecule has 1 fully saturated rings. The van der Waals surface area contributed by atoms with Gasteiger partial charge in [0.1, 0.15) is 6.04 Å². The number of nitro groups is 1. The zero-order valence-corrected chi connectivity index (χ0v) is 14.8. The van der Waals surface area contributed by atoms with Gasteiger partial charge < -0.3 is 4.74 Å². The molecule has 1 heterocycles. The van der Waals surface area contributed by atoms with Crippen molar-refractivity contribution in [1.82, 2.24) is 4.31 Å². The van der Waals surface area contributed by atoms with Crippen LogP contribution in [0, 0.1) is 17.0 Å². The third kappa shape index (κ3) is 3.06. The Bertz CT molecular complexity index is 971. The molecular formula is C17H16N2O6S. The third-order valence-corrected chi connectivity index (χ3v) is 6.10. The summed E-state index contributed by atoms with van der Waals surface area (Å²) >= 11 is 0. The first-order valence-electron chi connectivity index (χ1n) is 7.70. The molecule has 9 heteroatoms. The highest BCUT2D eigenvalue weighted by molar-refractivity contribution is 7.89. The number of ether oxygens (including phenoxy) is 1. The Hall–Kier alpha value is -2.78. The van der Waals surface area contributed by atoms with Gasteiger partial charge in [0.05, 0.1) is 23.0 Å². The van der Waals surface area contributed by atoms with Crippen molar-refractivity contribution < 1.29 is 22.9 Å². The third-order valence-electron chi connectivity index (χ3n) is 4.22. The number of sulfonamides is 1. The summed E-state index contributed by atoms with van der Waals surface area (Å²) in [4.78, 5) is 22.5. The van der Waals surface area contributed by atoms with E-state index in [1.54, 1.807) is 18.2 Å². The molecule has 3 rings (SSSR count). The van der Waals surface area contributed by atoms with Crippen LogP contribution in [0.15, 0.2) is 53.4 Å². The Labute approximate surface area is 150 Å². The van der Waals surface area contributed by atoms with Gasteiger partial charge in [-0.05, 0) is 24.6 Å². The highest BCUT2D eigenvalue weighted by atomic mass is 32.2. The molecule has 2 aromatic carbocycles. The summed E-state index contributed by atoms with van der Waals surface area (Å²) in [6.07, 6.45) is 0. The number of methoxy groups -OCH3 is 1. The lowest BCUT2D eigenvalue weighted by atomic mass is 10.1. The van der Waals surface area contributed by atoms with Crippen molar-refractivity contribution in [2.24, 2.45) is 0 Å². The summed E-state index contributed by atoms with van der Waals surface area (Å²) in [6, 6.07) is 9.93. The van der Waals surface area contributed by atoms with Crippen molar-refractivity contribution >= 4 is 21.7 Å². The topological polar surface area (TPSA) is 107 Å². The number of benzene rings is 2. The molecule has 0 saturated carbocycles. The predicted molar refractivity (Wildman–Crippen MR) is 91.8 cm³/mol. The average molecular weight is 376 g/mol. The van der Waals surface area contributed by atoms with Gasteiger partial charge >= 0.3 is 5.97 Å². The first-order chi connectivity index (χ1) is 12.3. The minimum Gasteiger partial charge on any atom is -0.468 e. The standard InChI is InChI=1S/C17H16N2O6S/c1-11-6-8-14(9-7-11)26(23,24)18-15(16(18)17(20)25-2)12-4-3-5-13(10-12)19(21)22/h3-10,15-16H,1-2H3/t15-,16+,18?/m1/s1. The fourth-order valence-electron chi connectivity index (χ4n) is 2.85. The molecule has 0 spiro atoms. The van der Waals surface area contributed by atoms with Crippen molar-refractivity contribution in [1.29, 1.82) is 0 Å². The molecule has 1 saturated heterocycles. The van der Waals surface area contributed by atoms with Crippen LogP contribution in [0.2, 0.25) is 0 Å². The summed E-state index contributed by atoms with van der Waals surface area (Å²) < 4.78 is 31.6. The lowest BCUT2D eigenvalue weighted by molar-refractivity contribution is -0.384. The molecule has 3 atom stereocenters. The van der Waals surface area contributed by atoms with Gasteiger partial charge in [-0.1, -0.05) is 29.8 Å². The van der Waals surface area contributed by atoms with E-state index in [-0.39, 0.29) is 10.6 Å². The maximum Gasteiger partial charge on any atom is 0.326 e. The van der Waals surface area contributed by atoms with Gasteiger partial charge in [-0.15, -0.1) is 0 Å². The van der Waals surface area contributed by atoms with E-state index < -0.39 is 33.0 Å². The Morgan fingerprint density at radius 2 is 1.85 bits per heavy atom. The van der Waals surface area contributed by atoms with Crippen LogP contribution in [0.3, 0.4) is 0 Å². The highest BCUT2D eigenvalue weighted by Crippen LogP contribution is 2.48. The van der Waals surface area contributed by atoms with Gasteiger partial charge in [-0.3, -0.25) is 14.9 Å². The first-order valence-corrected chi connectivity index (χ1v) is 9.14. The number of nitro benzene ring substituents is 1. The van der Waals surface area contributed by atoms with Crippen LogP contribution < -0.4 is 0 Å². The van der Waals surface area contributed by atoms with Crippen LogP contribution in [0.25, 0.3) is 0 Å². The molecular weight excluding hydrogens is 360 g/mol. The monoisotopic (exact) mass is 376 g/mol. The second kappa shape index (κ2) is 6.50. The maximum atomic E-state index is 12.9. The van der Waals surface area contributed by atoms with E-state index in [9.17, 15) is 23.3 Å². The summed E-state index contributed by atoms with van der Waals surface area (Å²) in [7, 11) is -2.79. The number of carbonyl (C=O) groups excluding carboxylic acids is 1. The summed E-state index contributed by atoms with van der Waals surface area (Å²) in [5.41, 5.74) is 1.09. The molecule has 0 aromatic heterocycles. The van der Waals surface area contributed by atoms with E-state index in [1.165, 1.54) is 37.4 Å². The SMILES string of the molecule is COC(=O)[C@@H]1[C@@H](c2cccc([N+](=O)[O-])c2)N1S(=O)(=O)c1ccc(C)cc1. The number of carbonyl (C=O) groups is 1. The highest BCUT2D eigenvalue weighted by Gasteiger charge is 2.61. The average Bonchev–Trinajstić information content (AvgIpc) is 3.38. The molecule has 8 nitrogen and oxygen atoms in total. The minimum absolute atomic E-state index is 0.0462. The van der Waals surface area contributed by atoms with Gasteiger partial charge in [-0.25, -0.2) is 8.42 Å². The molecule has 0 aliphatic carbocycles. The number of hydrogen-bond donors (Lipinski definition) is 0. The summed E-state index contributed by atoms with van der Waals surface area (Å²) in [5, 5.41) is 11.0. The fraction of sp³-hybridized carbons (Fsp3) is 0.235. The summed E-state index contributed by atoms with van der Waals surface area (Å²) in [6.45, 7) is 1.83. The van der Waals surface area contributed by atoms with E-state index in [0.717, 1.165) is 9.87 Å². The van der Waals surface area contributed by atoms with Gasteiger partial charge in [0.2, 0.25) is 10.0 Å². The second-order valence-electron chi connectivity index (χ2n) is 5.91. The van der Waals surface area contributed by atoms with Crippen LogP contribution >= 0.6 is 0 Å². The van der Waals surface area contributed by atoms with Gasteiger partial charge in [0.25, 0.3) is 5.69 Å². The Kier molecular flexibility index (Phi) is 4.51. The van der Waals surface area contributed by atoms with Gasteiger partial charge in [-0.2, -0.15) is 4.31 Å². The molecule has 2 aromatic rings. The fourth-order valence-corrected chi connectivity index (χ4v) is 4.55. The Morgan fingerprint density at radius 1 is 1.19 bits per heavy atom. The quantitative estimate of drug-likeness (QED) is 0.343. The van der Waals surface area contributed by atoms with E-state index in [2.05, 4.69) is 0 Å². The van der Waals surface area contributed by atoms with Crippen molar-refractivity contribution in [3.8, 4) is 0 Å². The molecule has 1 aliphatic rings. The molecule has 1 unspecified atom stereocenters. The zero-order chi connectivity index (χ0) is 19.1. The van der Waals surface area contributed by atoms with E-state index >= 15 is 0 Å². The largest absolute Gasteiger partial charge is 0.468 e. The number of esters is 1. The van der Waals surface area contributed by atoms with E-state index in [0.29, 0.717) is 5.56 Å². The van der Waals surface area contributed by atoms with Crippen molar-refractivity contribution in [2.45, 2.75) is 23.9 Å². The van der Waals surface area contributed by atoms with Crippen LogP contribution in [0.5, 0.6) is 0 Å². The predicted octanol–water partition coefficient (Wildman–Crippen LogP) is 2.19. The number of nitrogens with zero attached hydrogens (tertiary/aromatic N) is 2. The molecule has 0 bridgehead atoms. The molecule has 0 radical (unpaired) electrons. The molecule has 0 amide bonds. The van der Waals surface area contributed by atoms with Gasteiger partial charge in [0.15, 0.2) is 0 Å². The van der Waals surface area contributed by atoms with E-state index in [4.69, 9.17) is 4.74 Å². The molecule has 26 heavy (non-hydrogen) atoms. The van der Waals surface area contributed by atoms with Crippen LogP contribution in [-0.4, -0.2) is 36.8 Å². The number of non-ortho nitro benzene ring substituents is 1. The van der Waals surface area contributed by atoms with Crippen LogP contribution in [0.4, 0.5) is 5.69 Å². The zero-order valence-electron chi connectivity index (χ0n) is 14.0. The summed E-state index contributed by atoms with van der Waals surface area (Å²) in [5.74, 6) is -0.711. The first kappa shape index (κ1) is 18.0. The Balaban J connectivity index is 2.02. The smallest absolute Gasteiger partial charge is 0.326 e. The van der Waals surface area contributed by atoms with E-state index in [1.807, 2.05) is 6.92 Å². The molecule has 1 aliphatic heterocycles. The normalized spacial score (nSPS) is 21.8. The van der Waals surface area contributed by atoms with Crippen LogP contribution in [0.1, 0.15) is 17.2 Å². The minimum atomic E-state index is -3.95. The van der Waals surface area contributed by atoms with Crippen molar-refractivity contribution in [3.63, 3.8) is 0 Å². The molecule has 136 valence electrons. The number of aryl methyl sites for hydroxylation is 1. The van der Waals surface area contributed by atoms with Gasteiger partial charge in [0, 0.05) is 12.1 Å². The second-order valence-corrected chi connectivity index (χ2v) is 7.76. The Morgan fingerprint density at radius 3 is 2.42 bits per heavy atom. The maximum absolute atomic E-state index is 12.9. The van der Waals surface area contributed by atoms with Crippen molar-refractivity contribution in [2.75, 3.05) is 7.11 Å². The lowest BCUT2D eigenvalue weighted by Gasteiger charge is -2.07. The number of hydrogen-bond acceptors (Lipinski definition) is 6. The van der Waals surface area contributed by atoms with Crippen molar-refractivity contribution in [3.05, 3.63) is 69.8 Å². The lowest BCUT2D eigenvalue weighted by Crippen LogP contribution is -2.20.